The Labute approximate surface area is 121 Å². The van der Waals surface area contributed by atoms with E-state index in [9.17, 15) is 9.59 Å². The van der Waals surface area contributed by atoms with Gasteiger partial charge >= 0.3 is 6.03 Å². The van der Waals surface area contributed by atoms with Crippen LogP contribution in [0.5, 0.6) is 11.5 Å². The third-order valence-corrected chi connectivity index (χ3v) is 2.53. The number of anilines is 1. The van der Waals surface area contributed by atoms with Gasteiger partial charge in [-0.2, -0.15) is 0 Å². The third-order valence-electron chi connectivity index (χ3n) is 2.53. The minimum Gasteiger partial charge on any atom is -0.457 e. The molecule has 1 heterocycles. The van der Waals surface area contributed by atoms with Crippen LogP contribution >= 0.6 is 0 Å². The number of amides is 3. The number of benzene rings is 1. The summed E-state index contributed by atoms with van der Waals surface area (Å²) in [6, 6.07) is 9.21. The Bertz CT molecular complexity index is 673. The number of rotatable bonds is 4. The van der Waals surface area contributed by atoms with Crippen LogP contribution < -0.4 is 21.1 Å². The molecule has 0 aliphatic heterocycles. The Morgan fingerprint density at radius 2 is 1.95 bits per heavy atom. The summed E-state index contributed by atoms with van der Waals surface area (Å²) in [7, 11) is 1.52. The Hall–Kier alpha value is -3.09. The third kappa shape index (κ3) is 3.93. The van der Waals surface area contributed by atoms with E-state index in [1.165, 1.54) is 19.3 Å². The summed E-state index contributed by atoms with van der Waals surface area (Å²) in [5.74, 6) is 0.653. The van der Waals surface area contributed by atoms with Gasteiger partial charge in [-0.05, 0) is 18.2 Å². The highest BCUT2D eigenvalue weighted by Gasteiger charge is 2.07. The Kier molecular flexibility index (Phi) is 4.35. The van der Waals surface area contributed by atoms with Crippen LogP contribution in [0, 0.1) is 0 Å². The molecular formula is C14H14N4O3. The highest BCUT2D eigenvalue weighted by atomic mass is 16.5. The van der Waals surface area contributed by atoms with Crippen molar-refractivity contribution in [3.8, 4) is 11.5 Å². The fourth-order valence-corrected chi connectivity index (χ4v) is 1.64. The van der Waals surface area contributed by atoms with E-state index >= 15 is 0 Å². The molecule has 2 rings (SSSR count). The monoisotopic (exact) mass is 286 g/mol. The average molecular weight is 286 g/mol. The van der Waals surface area contributed by atoms with Crippen LogP contribution in [-0.4, -0.2) is 24.0 Å². The Balaban J connectivity index is 2.18. The molecule has 0 aliphatic carbocycles. The van der Waals surface area contributed by atoms with Crippen LogP contribution in [0.1, 0.15) is 10.5 Å². The smallest absolute Gasteiger partial charge is 0.316 e. The van der Waals surface area contributed by atoms with Crippen molar-refractivity contribution in [3.05, 3.63) is 48.3 Å². The van der Waals surface area contributed by atoms with Gasteiger partial charge in [0.15, 0.2) is 0 Å². The molecule has 7 heteroatoms. The van der Waals surface area contributed by atoms with E-state index in [0.29, 0.717) is 17.2 Å². The first-order chi connectivity index (χ1) is 10.1. The molecule has 0 saturated heterocycles. The predicted octanol–water partition coefficient (Wildman–Crippen LogP) is 1.72. The number of pyridine rings is 1. The van der Waals surface area contributed by atoms with Crippen LogP contribution in [0.4, 0.5) is 10.5 Å². The van der Waals surface area contributed by atoms with E-state index in [0.717, 1.165) is 0 Å². The molecule has 0 saturated carbocycles. The first kappa shape index (κ1) is 14.3. The first-order valence-electron chi connectivity index (χ1n) is 6.11. The van der Waals surface area contributed by atoms with Crippen molar-refractivity contribution >= 4 is 17.6 Å². The number of primary amides is 1. The summed E-state index contributed by atoms with van der Waals surface area (Å²) in [4.78, 5) is 26.3. The van der Waals surface area contributed by atoms with Gasteiger partial charge < -0.3 is 21.1 Å². The minimum atomic E-state index is -0.655. The number of hydrogen-bond acceptors (Lipinski definition) is 4. The van der Waals surface area contributed by atoms with E-state index in [2.05, 4.69) is 15.6 Å². The molecule has 0 spiro atoms. The summed E-state index contributed by atoms with van der Waals surface area (Å²) >= 11 is 0. The van der Waals surface area contributed by atoms with Crippen molar-refractivity contribution in [2.45, 2.75) is 0 Å². The maximum Gasteiger partial charge on any atom is 0.316 e. The lowest BCUT2D eigenvalue weighted by molar-refractivity contribution is 0.0958. The molecule has 1 aromatic carbocycles. The molecule has 3 amide bonds. The van der Waals surface area contributed by atoms with Crippen LogP contribution in [0.2, 0.25) is 0 Å². The van der Waals surface area contributed by atoms with E-state index < -0.39 is 6.03 Å². The fourth-order valence-electron chi connectivity index (χ4n) is 1.64. The van der Waals surface area contributed by atoms with Crippen molar-refractivity contribution < 1.29 is 14.3 Å². The number of aromatic nitrogens is 1. The maximum absolute atomic E-state index is 11.5. The second kappa shape index (κ2) is 6.38. The summed E-state index contributed by atoms with van der Waals surface area (Å²) in [6.07, 6.45) is 1.48. The van der Waals surface area contributed by atoms with Crippen LogP contribution in [0.3, 0.4) is 0 Å². The van der Waals surface area contributed by atoms with Gasteiger partial charge in [0.25, 0.3) is 5.91 Å². The van der Waals surface area contributed by atoms with Gasteiger partial charge in [-0.3, -0.25) is 9.78 Å². The van der Waals surface area contributed by atoms with E-state index in [4.69, 9.17) is 10.5 Å². The molecule has 0 fully saturated rings. The largest absolute Gasteiger partial charge is 0.457 e. The number of hydrogen-bond donors (Lipinski definition) is 3. The normalized spacial score (nSPS) is 9.76. The highest BCUT2D eigenvalue weighted by molar-refractivity contribution is 5.92. The van der Waals surface area contributed by atoms with Crippen molar-refractivity contribution in [2.24, 2.45) is 5.73 Å². The quantitative estimate of drug-likeness (QED) is 0.795. The van der Waals surface area contributed by atoms with Gasteiger partial charge in [0.1, 0.15) is 17.2 Å². The zero-order valence-corrected chi connectivity index (χ0v) is 11.3. The number of carbonyl (C=O) groups excluding carboxylic acids is 2. The summed E-state index contributed by atoms with van der Waals surface area (Å²) in [5.41, 5.74) is 5.82. The fraction of sp³-hybridized carbons (Fsp3) is 0.0714. The molecule has 108 valence electrons. The second-order valence-electron chi connectivity index (χ2n) is 4.08. The zero-order chi connectivity index (χ0) is 15.2. The molecule has 0 radical (unpaired) electrons. The van der Waals surface area contributed by atoms with E-state index in [1.54, 1.807) is 30.3 Å². The molecule has 4 N–H and O–H groups in total. The molecular weight excluding hydrogens is 272 g/mol. The number of ether oxygens (including phenoxy) is 1. The second-order valence-corrected chi connectivity index (χ2v) is 4.08. The Morgan fingerprint density at radius 1 is 1.19 bits per heavy atom. The molecule has 1 aromatic heterocycles. The lowest BCUT2D eigenvalue weighted by Gasteiger charge is -2.08. The lowest BCUT2D eigenvalue weighted by Crippen LogP contribution is -2.19. The van der Waals surface area contributed by atoms with Crippen molar-refractivity contribution in [2.75, 3.05) is 12.4 Å². The predicted molar refractivity (Wildman–Crippen MR) is 77.3 cm³/mol. The number of nitrogens with two attached hydrogens (primary N) is 1. The van der Waals surface area contributed by atoms with Crippen molar-refractivity contribution in [3.63, 3.8) is 0 Å². The number of nitrogens with zero attached hydrogens (tertiary/aromatic N) is 1. The number of urea groups is 1. The highest BCUT2D eigenvalue weighted by Crippen LogP contribution is 2.24. The van der Waals surface area contributed by atoms with Gasteiger partial charge in [-0.25, -0.2) is 4.79 Å². The number of carbonyl (C=O) groups is 2. The summed E-state index contributed by atoms with van der Waals surface area (Å²) in [6.45, 7) is 0. The molecule has 7 nitrogen and oxygen atoms in total. The van der Waals surface area contributed by atoms with Crippen LogP contribution in [-0.2, 0) is 0 Å². The molecule has 0 unspecified atom stereocenters. The van der Waals surface area contributed by atoms with E-state index in [-0.39, 0.29) is 11.6 Å². The molecule has 21 heavy (non-hydrogen) atoms. The zero-order valence-electron chi connectivity index (χ0n) is 11.3. The molecule has 0 bridgehead atoms. The van der Waals surface area contributed by atoms with Gasteiger partial charge in [-0.1, -0.05) is 6.07 Å². The van der Waals surface area contributed by atoms with E-state index in [1.807, 2.05) is 0 Å². The van der Waals surface area contributed by atoms with Gasteiger partial charge in [0, 0.05) is 31.1 Å². The molecule has 0 aliphatic rings. The van der Waals surface area contributed by atoms with Crippen LogP contribution in [0.25, 0.3) is 0 Å². The van der Waals surface area contributed by atoms with Crippen LogP contribution in [0.15, 0.2) is 42.6 Å². The lowest BCUT2D eigenvalue weighted by atomic mass is 10.3. The Morgan fingerprint density at radius 3 is 2.67 bits per heavy atom. The van der Waals surface area contributed by atoms with Gasteiger partial charge in [0.2, 0.25) is 0 Å². The van der Waals surface area contributed by atoms with Gasteiger partial charge in [-0.15, -0.1) is 0 Å². The standard InChI is InChI=1S/C14H14N4O3/c1-16-13(19)12-8-11(5-6-17-12)21-10-4-2-3-9(7-10)18-14(15)20/h2-8H,1H3,(H,16,19)(H3,15,18,20). The van der Waals surface area contributed by atoms with Crippen molar-refractivity contribution in [1.82, 2.24) is 10.3 Å². The topological polar surface area (TPSA) is 106 Å². The molecule has 2 aromatic rings. The number of nitrogens with one attached hydrogen (secondary N) is 2. The minimum absolute atomic E-state index is 0.251. The average Bonchev–Trinajstić information content (AvgIpc) is 2.46. The summed E-state index contributed by atoms with van der Waals surface area (Å²) < 4.78 is 5.62. The molecule has 0 atom stereocenters. The summed E-state index contributed by atoms with van der Waals surface area (Å²) in [5, 5.41) is 4.94. The van der Waals surface area contributed by atoms with Crippen molar-refractivity contribution in [1.29, 1.82) is 0 Å². The SMILES string of the molecule is CNC(=O)c1cc(Oc2cccc(NC(N)=O)c2)ccn1. The van der Waals surface area contributed by atoms with Gasteiger partial charge in [0.05, 0.1) is 0 Å². The first-order valence-corrected chi connectivity index (χ1v) is 6.11. The maximum atomic E-state index is 11.5.